The number of rotatable bonds is 8. The highest BCUT2D eigenvalue weighted by molar-refractivity contribution is 5.95. The van der Waals surface area contributed by atoms with Gasteiger partial charge in [-0.3, -0.25) is 4.79 Å². The van der Waals surface area contributed by atoms with E-state index in [9.17, 15) is 4.79 Å². The Morgan fingerprint density at radius 3 is 2.17 bits per heavy atom. The van der Waals surface area contributed by atoms with Crippen LogP contribution in [0.25, 0.3) is 5.69 Å². The molecule has 3 rings (SSSR count). The number of methoxy groups -OCH3 is 4. The largest absolute Gasteiger partial charge is 0.493 e. The fraction of sp³-hybridized carbons (Fsp3) is 0.182. The van der Waals surface area contributed by atoms with Gasteiger partial charge in [0.15, 0.2) is 23.0 Å². The van der Waals surface area contributed by atoms with E-state index in [0.29, 0.717) is 28.6 Å². The Morgan fingerprint density at radius 1 is 0.867 bits per heavy atom. The van der Waals surface area contributed by atoms with Gasteiger partial charge in [0.1, 0.15) is 0 Å². The number of hydrazone groups is 1. The number of carbonyl (C=O) groups is 1. The maximum Gasteiger partial charge on any atom is 0.271 e. The third-order valence-corrected chi connectivity index (χ3v) is 4.43. The fourth-order valence-electron chi connectivity index (χ4n) is 2.91. The molecule has 0 saturated heterocycles. The third-order valence-electron chi connectivity index (χ3n) is 4.43. The molecule has 2 aromatic carbocycles. The van der Waals surface area contributed by atoms with Crippen LogP contribution in [-0.2, 0) is 0 Å². The second-order valence-electron chi connectivity index (χ2n) is 6.11. The van der Waals surface area contributed by atoms with Crippen LogP contribution in [0.3, 0.4) is 0 Å². The molecule has 0 unspecified atom stereocenters. The standard InChI is InChI=1S/C22H23N3O5/c1-27-18-9-7-15(12-20(18)29-3)22(26)24-23-14-17-6-5-11-25(17)16-8-10-19(28-2)21(13-16)30-4/h5-14H,1-4H3,(H,24,26)/b23-14+. The molecule has 0 radical (unpaired) electrons. The predicted octanol–water partition coefficient (Wildman–Crippen LogP) is 3.28. The van der Waals surface area contributed by atoms with Crippen molar-refractivity contribution in [1.29, 1.82) is 0 Å². The van der Waals surface area contributed by atoms with E-state index in [-0.39, 0.29) is 5.91 Å². The molecule has 0 spiro atoms. The highest BCUT2D eigenvalue weighted by Gasteiger charge is 2.11. The minimum atomic E-state index is -0.364. The number of hydrogen-bond donors (Lipinski definition) is 1. The Labute approximate surface area is 174 Å². The van der Waals surface area contributed by atoms with Gasteiger partial charge in [0.25, 0.3) is 5.91 Å². The minimum absolute atomic E-state index is 0.364. The molecule has 1 heterocycles. The molecular formula is C22H23N3O5. The zero-order chi connectivity index (χ0) is 21.5. The van der Waals surface area contributed by atoms with Gasteiger partial charge in [0.2, 0.25) is 0 Å². The Bertz CT molecular complexity index is 1060. The second-order valence-corrected chi connectivity index (χ2v) is 6.11. The molecule has 30 heavy (non-hydrogen) atoms. The van der Waals surface area contributed by atoms with Crippen LogP contribution in [0.4, 0.5) is 0 Å². The lowest BCUT2D eigenvalue weighted by Gasteiger charge is -2.11. The van der Waals surface area contributed by atoms with Gasteiger partial charge in [-0.25, -0.2) is 5.43 Å². The summed E-state index contributed by atoms with van der Waals surface area (Å²) in [6, 6.07) is 14.2. The van der Waals surface area contributed by atoms with Gasteiger partial charge in [0, 0.05) is 23.5 Å². The first-order chi connectivity index (χ1) is 14.6. The van der Waals surface area contributed by atoms with Crippen molar-refractivity contribution in [2.45, 2.75) is 0 Å². The van der Waals surface area contributed by atoms with Crippen LogP contribution in [0.2, 0.25) is 0 Å². The molecule has 1 aromatic heterocycles. The molecule has 0 aliphatic rings. The maximum atomic E-state index is 12.4. The summed E-state index contributed by atoms with van der Waals surface area (Å²) in [5, 5.41) is 4.08. The van der Waals surface area contributed by atoms with Crippen molar-refractivity contribution in [3.8, 4) is 28.7 Å². The van der Waals surface area contributed by atoms with E-state index in [4.69, 9.17) is 18.9 Å². The lowest BCUT2D eigenvalue weighted by Crippen LogP contribution is -2.18. The van der Waals surface area contributed by atoms with Crippen LogP contribution >= 0.6 is 0 Å². The summed E-state index contributed by atoms with van der Waals surface area (Å²) in [5.41, 5.74) is 4.56. The molecule has 0 atom stereocenters. The summed E-state index contributed by atoms with van der Waals surface area (Å²) >= 11 is 0. The number of nitrogens with one attached hydrogen (secondary N) is 1. The molecule has 0 fully saturated rings. The van der Waals surface area contributed by atoms with E-state index in [0.717, 1.165) is 11.4 Å². The highest BCUT2D eigenvalue weighted by atomic mass is 16.5. The van der Waals surface area contributed by atoms with Crippen LogP contribution in [0.1, 0.15) is 16.1 Å². The number of carbonyl (C=O) groups excluding carboxylic acids is 1. The molecule has 8 nitrogen and oxygen atoms in total. The van der Waals surface area contributed by atoms with Crippen molar-refractivity contribution in [3.63, 3.8) is 0 Å². The Hall–Kier alpha value is -3.94. The van der Waals surface area contributed by atoms with Gasteiger partial charge in [-0.2, -0.15) is 5.10 Å². The normalized spacial score (nSPS) is 10.7. The van der Waals surface area contributed by atoms with Crippen molar-refractivity contribution in [2.75, 3.05) is 28.4 Å². The van der Waals surface area contributed by atoms with Gasteiger partial charge in [-0.1, -0.05) is 0 Å². The van der Waals surface area contributed by atoms with Crippen LogP contribution in [0, 0.1) is 0 Å². The Balaban J connectivity index is 1.76. The molecule has 1 amide bonds. The number of benzene rings is 2. The SMILES string of the molecule is COc1ccc(C(=O)N/N=C/c2cccn2-c2ccc(OC)c(OC)c2)cc1OC. The van der Waals surface area contributed by atoms with Gasteiger partial charge in [0.05, 0.1) is 40.3 Å². The first kappa shape index (κ1) is 20.8. The molecule has 1 N–H and O–H groups in total. The average Bonchev–Trinajstić information content (AvgIpc) is 3.26. The van der Waals surface area contributed by atoms with Crippen molar-refractivity contribution in [2.24, 2.45) is 5.10 Å². The van der Waals surface area contributed by atoms with E-state index in [1.165, 1.54) is 14.2 Å². The third kappa shape index (κ3) is 4.38. The molecular weight excluding hydrogens is 386 g/mol. The maximum absolute atomic E-state index is 12.4. The van der Waals surface area contributed by atoms with Crippen LogP contribution in [-0.4, -0.2) is 45.1 Å². The molecule has 0 aliphatic carbocycles. The first-order valence-corrected chi connectivity index (χ1v) is 9.06. The molecule has 0 saturated carbocycles. The Morgan fingerprint density at radius 2 is 1.50 bits per heavy atom. The fourth-order valence-corrected chi connectivity index (χ4v) is 2.91. The number of hydrogen-bond acceptors (Lipinski definition) is 6. The zero-order valence-corrected chi connectivity index (χ0v) is 17.2. The summed E-state index contributed by atoms with van der Waals surface area (Å²) in [7, 11) is 6.23. The Kier molecular flexibility index (Phi) is 6.59. The van der Waals surface area contributed by atoms with Crippen molar-refractivity contribution in [1.82, 2.24) is 9.99 Å². The van der Waals surface area contributed by atoms with E-state index in [1.807, 2.05) is 41.1 Å². The predicted molar refractivity (Wildman–Crippen MR) is 113 cm³/mol. The van der Waals surface area contributed by atoms with Crippen molar-refractivity contribution in [3.05, 3.63) is 66.0 Å². The molecule has 156 valence electrons. The summed E-state index contributed by atoms with van der Waals surface area (Å²) in [4.78, 5) is 12.4. The van der Waals surface area contributed by atoms with Crippen molar-refractivity contribution >= 4 is 12.1 Å². The topological polar surface area (TPSA) is 83.3 Å². The van der Waals surface area contributed by atoms with Gasteiger partial charge < -0.3 is 23.5 Å². The number of amides is 1. The lowest BCUT2D eigenvalue weighted by molar-refractivity contribution is 0.0954. The highest BCUT2D eigenvalue weighted by Crippen LogP contribution is 2.29. The monoisotopic (exact) mass is 409 g/mol. The lowest BCUT2D eigenvalue weighted by atomic mass is 10.2. The molecule has 8 heteroatoms. The van der Waals surface area contributed by atoms with Crippen molar-refractivity contribution < 1.29 is 23.7 Å². The molecule has 0 aliphatic heterocycles. The second kappa shape index (κ2) is 9.51. The number of ether oxygens (including phenoxy) is 4. The van der Waals surface area contributed by atoms with Crippen LogP contribution in [0.5, 0.6) is 23.0 Å². The first-order valence-electron chi connectivity index (χ1n) is 9.06. The smallest absolute Gasteiger partial charge is 0.271 e. The van der Waals surface area contributed by atoms with E-state index in [1.54, 1.807) is 38.6 Å². The van der Waals surface area contributed by atoms with E-state index < -0.39 is 0 Å². The molecule has 0 bridgehead atoms. The summed E-state index contributed by atoms with van der Waals surface area (Å²) in [5.74, 6) is 1.91. The summed E-state index contributed by atoms with van der Waals surface area (Å²) in [6.07, 6.45) is 3.45. The summed E-state index contributed by atoms with van der Waals surface area (Å²) in [6.45, 7) is 0. The van der Waals surface area contributed by atoms with E-state index >= 15 is 0 Å². The van der Waals surface area contributed by atoms with Gasteiger partial charge in [-0.15, -0.1) is 0 Å². The average molecular weight is 409 g/mol. The van der Waals surface area contributed by atoms with Crippen LogP contribution < -0.4 is 24.4 Å². The van der Waals surface area contributed by atoms with Gasteiger partial charge in [-0.05, 0) is 42.5 Å². The van der Waals surface area contributed by atoms with Crippen LogP contribution in [0.15, 0.2) is 59.8 Å². The summed E-state index contributed by atoms with van der Waals surface area (Å²) < 4.78 is 23.0. The zero-order valence-electron chi connectivity index (χ0n) is 17.2. The number of nitrogens with zero attached hydrogens (tertiary/aromatic N) is 2. The quantitative estimate of drug-likeness (QED) is 0.456. The van der Waals surface area contributed by atoms with E-state index in [2.05, 4.69) is 10.5 Å². The minimum Gasteiger partial charge on any atom is -0.493 e. The molecule has 3 aromatic rings. The number of aromatic nitrogens is 1. The van der Waals surface area contributed by atoms with Gasteiger partial charge >= 0.3 is 0 Å².